The van der Waals surface area contributed by atoms with Crippen LogP contribution in [0.5, 0.6) is 5.75 Å². The molecule has 25 heavy (non-hydrogen) atoms. The van der Waals surface area contributed by atoms with Gasteiger partial charge in [-0.25, -0.2) is 5.43 Å². The van der Waals surface area contributed by atoms with Gasteiger partial charge in [-0.05, 0) is 49.2 Å². The summed E-state index contributed by atoms with van der Waals surface area (Å²) in [6, 6.07) is 11.6. The number of nitrogens with one attached hydrogen (secondary N) is 1. The average molecular weight is 341 g/mol. The van der Waals surface area contributed by atoms with Gasteiger partial charge in [-0.2, -0.15) is 5.10 Å². The second-order valence-corrected chi connectivity index (χ2v) is 5.37. The van der Waals surface area contributed by atoms with E-state index in [1.54, 1.807) is 6.92 Å². The van der Waals surface area contributed by atoms with Gasteiger partial charge in [-0.1, -0.05) is 13.0 Å². The van der Waals surface area contributed by atoms with Gasteiger partial charge in [0.1, 0.15) is 5.75 Å². The minimum Gasteiger partial charge on any atom is -0.494 e. The quantitative estimate of drug-likeness (QED) is 0.474. The van der Waals surface area contributed by atoms with Gasteiger partial charge in [-0.15, -0.1) is 0 Å². The number of hydrogen-bond donors (Lipinski definition) is 1. The molecule has 2 aromatic rings. The second-order valence-electron chi connectivity index (χ2n) is 5.37. The van der Waals surface area contributed by atoms with Crippen molar-refractivity contribution in [1.29, 1.82) is 0 Å². The van der Waals surface area contributed by atoms with E-state index in [1.807, 2.05) is 31.2 Å². The van der Waals surface area contributed by atoms with Crippen LogP contribution in [0.3, 0.4) is 0 Å². The Kier molecular flexibility index (Phi) is 6.22. The molecule has 0 unspecified atom stereocenters. The van der Waals surface area contributed by atoms with Gasteiger partial charge in [0.15, 0.2) is 0 Å². The highest BCUT2D eigenvalue weighted by atomic mass is 16.6. The SMILES string of the molecule is CCCOc1ccc(C=NNC(=O)c2ccc(C)c([N+](=O)[O-])c2)cc1. The summed E-state index contributed by atoms with van der Waals surface area (Å²) in [5.74, 6) is 0.261. The zero-order valence-corrected chi connectivity index (χ0v) is 14.1. The molecule has 0 saturated heterocycles. The monoisotopic (exact) mass is 341 g/mol. The number of aryl methyl sites for hydroxylation is 1. The number of carbonyl (C=O) groups excluding carboxylic acids is 1. The fraction of sp³-hybridized carbons (Fsp3) is 0.222. The summed E-state index contributed by atoms with van der Waals surface area (Å²) in [6.07, 6.45) is 2.43. The Hall–Kier alpha value is -3.22. The van der Waals surface area contributed by atoms with Gasteiger partial charge in [-0.3, -0.25) is 14.9 Å². The van der Waals surface area contributed by atoms with Crippen molar-refractivity contribution >= 4 is 17.8 Å². The van der Waals surface area contributed by atoms with E-state index in [0.717, 1.165) is 17.7 Å². The molecular formula is C18H19N3O4. The van der Waals surface area contributed by atoms with E-state index >= 15 is 0 Å². The molecule has 7 nitrogen and oxygen atoms in total. The molecule has 0 radical (unpaired) electrons. The van der Waals surface area contributed by atoms with Crippen molar-refractivity contribution in [2.75, 3.05) is 6.61 Å². The van der Waals surface area contributed by atoms with Crippen molar-refractivity contribution in [3.63, 3.8) is 0 Å². The van der Waals surface area contributed by atoms with Crippen LogP contribution in [0.25, 0.3) is 0 Å². The molecule has 0 atom stereocenters. The number of ether oxygens (including phenoxy) is 1. The number of hydrogen-bond acceptors (Lipinski definition) is 5. The predicted molar refractivity (Wildman–Crippen MR) is 95.1 cm³/mol. The van der Waals surface area contributed by atoms with Gasteiger partial charge >= 0.3 is 0 Å². The summed E-state index contributed by atoms with van der Waals surface area (Å²) >= 11 is 0. The van der Waals surface area contributed by atoms with Crippen molar-refractivity contribution in [1.82, 2.24) is 5.43 Å². The normalized spacial score (nSPS) is 10.6. The molecule has 0 aliphatic rings. The van der Waals surface area contributed by atoms with Crippen LogP contribution >= 0.6 is 0 Å². The van der Waals surface area contributed by atoms with Crippen molar-refractivity contribution in [2.24, 2.45) is 5.10 Å². The molecule has 0 aliphatic carbocycles. The Labute approximate surface area is 145 Å². The lowest BCUT2D eigenvalue weighted by atomic mass is 10.1. The highest BCUT2D eigenvalue weighted by molar-refractivity contribution is 5.95. The van der Waals surface area contributed by atoms with E-state index in [2.05, 4.69) is 10.5 Å². The van der Waals surface area contributed by atoms with Crippen LogP contribution in [-0.2, 0) is 0 Å². The summed E-state index contributed by atoms with van der Waals surface area (Å²) in [7, 11) is 0. The van der Waals surface area contributed by atoms with E-state index in [-0.39, 0.29) is 11.3 Å². The first-order valence-electron chi connectivity index (χ1n) is 7.82. The van der Waals surface area contributed by atoms with Gasteiger partial charge in [0, 0.05) is 17.2 Å². The Balaban J connectivity index is 1.98. The molecule has 0 saturated carbocycles. The van der Waals surface area contributed by atoms with Crippen LogP contribution in [0.4, 0.5) is 5.69 Å². The van der Waals surface area contributed by atoms with E-state index in [1.165, 1.54) is 24.4 Å². The fourth-order valence-corrected chi connectivity index (χ4v) is 2.05. The number of carbonyl (C=O) groups is 1. The maximum atomic E-state index is 12.0. The molecule has 2 aromatic carbocycles. The maximum Gasteiger partial charge on any atom is 0.273 e. The van der Waals surface area contributed by atoms with Crippen LogP contribution < -0.4 is 10.2 Å². The van der Waals surface area contributed by atoms with E-state index in [0.29, 0.717) is 12.2 Å². The lowest BCUT2D eigenvalue weighted by Gasteiger charge is -2.04. The van der Waals surface area contributed by atoms with E-state index < -0.39 is 10.8 Å². The van der Waals surface area contributed by atoms with Gasteiger partial charge in [0.05, 0.1) is 17.7 Å². The first-order valence-corrected chi connectivity index (χ1v) is 7.82. The zero-order chi connectivity index (χ0) is 18.2. The number of rotatable bonds is 7. The highest BCUT2D eigenvalue weighted by Crippen LogP contribution is 2.19. The fourth-order valence-electron chi connectivity index (χ4n) is 2.05. The molecule has 2 rings (SSSR count). The van der Waals surface area contributed by atoms with Crippen LogP contribution in [0.2, 0.25) is 0 Å². The number of nitro groups is 1. The van der Waals surface area contributed by atoms with Crippen molar-refractivity contribution < 1.29 is 14.5 Å². The molecule has 0 bridgehead atoms. The molecule has 0 aliphatic heterocycles. The van der Waals surface area contributed by atoms with Crippen LogP contribution in [-0.4, -0.2) is 23.7 Å². The minimum absolute atomic E-state index is 0.0979. The third-order valence-electron chi connectivity index (χ3n) is 3.40. The number of benzene rings is 2. The van der Waals surface area contributed by atoms with Crippen LogP contribution in [0.1, 0.15) is 34.8 Å². The average Bonchev–Trinajstić information content (AvgIpc) is 2.61. The molecule has 1 amide bonds. The molecule has 7 heteroatoms. The maximum absolute atomic E-state index is 12.0. The van der Waals surface area contributed by atoms with Crippen molar-refractivity contribution in [3.8, 4) is 5.75 Å². The Morgan fingerprint density at radius 2 is 2.00 bits per heavy atom. The Morgan fingerprint density at radius 1 is 1.28 bits per heavy atom. The molecule has 0 fully saturated rings. The first kappa shape index (κ1) is 18.1. The smallest absolute Gasteiger partial charge is 0.273 e. The van der Waals surface area contributed by atoms with Gasteiger partial charge < -0.3 is 4.74 Å². The Morgan fingerprint density at radius 3 is 2.64 bits per heavy atom. The third kappa shape index (κ3) is 5.13. The number of nitro benzene ring substituents is 1. The van der Waals surface area contributed by atoms with Crippen LogP contribution in [0.15, 0.2) is 47.6 Å². The highest BCUT2D eigenvalue weighted by Gasteiger charge is 2.14. The lowest BCUT2D eigenvalue weighted by molar-refractivity contribution is -0.385. The molecule has 0 aromatic heterocycles. The zero-order valence-electron chi connectivity index (χ0n) is 14.1. The summed E-state index contributed by atoms with van der Waals surface area (Å²) < 4.78 is 5.48. The van der Waals surface area contributed by atoms with Gasteiger partial charge in [0.2, 0.25) is 0 Å². The van der Waals surface area contributed by atoms with E-state index in [4.69, 9.17) is 4.74 Å². The number of hydrazone groups is 1. The largest absolute Gasteiger partial charge is 0.494 e. The van der Waals surface area contributed by atoms with Crippen LogP contribution in [0, 0.1) is 17.0 Å². The summed E-state index contributed by atoms with van der Waals surface area (Å²) in [6.45, 7) is 4.31. The topological polar surface area (TPSA) is 93.8 Å². The standard InChI is InChI=1S/C18H19N3O4/c1-3-10-25-16-8-5-14(6-9-16)12-19-20-18(22)15-7-4-13(2)17(11-15)21(23)24/h4-9,11-12H,3,10H2,1-2H3,(H,20,22). The number of amides is 1. The molecule has 0 spiro atoms. The summed E-state index contributed by atoms with van der Waals surface area (Å²) in [5, 5.41) is 14.8. The molecule has 1 N–H and O–H groups in total. The molecule has 130 valence electrons. The van der Waals surface area contributed by atoms with Crippen molar-refractivity contribution in [2.45, 2.75) is 20.3 Å². The third-order valence-corrected chi connectivity index (χ3v) is 3.40. The first-order chi connectivity index (χ1) is 12.0. The Bertz CT molecular complexity index is 785. The second kappa shape index (κ2) is 8.58. The predicted octanol–water partition coefficient (Wildman–Crippen LogP) is 3.46. The van der Waals surface area contributed by atoms with E-state index in [9.17, 15) is 14.9 Å². The molecule has 0 heterocycles. The van der Waals surface area contributed by atoms with Crippen molar-refractivity contribution in [3.05, 3.63) is 69.3 Å². The molecular weight excluding hydrogens is 322 g/mol. The van der Waals surface area contributed by atoms with Gasteiger partial charge in [0.25, 0.3) is 11.6 Å². The lowest BCUT2D eigenvalue weighted by Crippen LogP contribution is -2.17. The minimum atomic E-state index is -0.516. The summed E-state index contributed by atoms with van der Waals surface area (Å²) in [4.78, 5) is 22.4. The number of nitrogens with zero attached hydrogens (tertiary/aromatic N) is 2. The summed E-state index contributed by atoms with van der Waals surface area (Å²) in [5.41, 5.74) is 3.73.